The molecule has 0 saturated heterocycles. The van der Waals surface area contributed by atoms with Gasteiger partial charge in [0.25, 0.3) is 0 Å². The first-order valence-electron chi connectivity index (χ1n) is 8.53. The molecular weight excluding hydrogens is 322 g/mol. The van der Waals surface area contributed by atoms with E-state index in [4.69, 9.17) is 4.99 Å². The molecule has 25 heavy (non-hydrogen) atoms. The SMILES string of the molecule is C(Sc1ccccc1)=C1CCc2ccccc2C1=Nc1ccccc1. The fourth-order valence-corrected chi connectivity index (χ4v) is 3.87. The van der Waals surface area contributed by atoms with Crippen molar-refractivity contribution in [3.63, 3.8) is 0 Å². The van der Waals surface area contributed by atoms with Gasteiger partial charge in [0.1, 0.15) is 0 Å². The smallest absolute Gasteiger partial charge is 0.0749 e. The Morgan fingerprint density at radius 1 is 0.720 bits per heavy atom. The lowest BCUT2D eigenvalue weighted by Crippen LogP contribution is -2.14. The first-order valence-corrected chi connectivity index (χ1v) is 9.41. The molecule has 0 unspecified atom stereocenters. The summed E-state index contributed by atoms with van der Waals surface area (Å²) < 4.78 is 0. The highest BCUT2D eigenvalue weighted by molar-refractivity contribution is 8.02. The minimum absolute atomic E-state index is 1.00. The Morgan fingerprint density at radius 3 is 2.20 bits per heavy atom. The van der Waals surface area contributed by atoms with Gasteiger partial charge in [0.05, 0.1) is 11.4 Å². The van der Waals surface area contributed by atoms with E-state index in [1.807, 2.05) is 18.2 Å². The summed E-state index contributed by atoms with van der Waals surface area (Å²) in [5, 5.41) is 2.27. The van der Waals surface area contributed by atoms with Gasteiger partial charge < -0.3 is 0 Å². The summed E-state index contributed by atoms with van der Waals surface area (Å²) in [6.45, 7) is 0. The minimum atomic E-state index is 1.00. The van der Waals surface area contributed by atoms with Crippen LogP contribution in [0.3, 0.4) is 0 Å². The third-order valence-electron chi connectivity index (χ3n) is 4.32. The van der Waals surface area contributed by atoms with Crippen LogP contribution in [0.4, 0.5) is 5.69 Å². The number of hydrogen-bond donors (Lipinski definition) is 0. The molecule has 0 fully saturated rings. The van der Waals surface area contributed by atoms with Crippen LogP contribution in [0.15, 0.2) is 106 Å². The van der Waals surface area contributed by atoms with E-state index < -0.39 is 0 Å². The number of allylic oxidation sites excluding steroid dienone is 1. The fraction of sp³-hybridized carbons (Fsp3) is 0.0870. The molecule has 3 aromatic carbocycles. The van der Waals surface area contributed by atoms with Gasteiger partial charge in [-0.25, -0.2) is 4.99 Å². The van der Waals surface area contributed by atoms with Gasteiger partial charge in [-0.3, -0.25) is 0 Å². The number of hydrogen-bond acceptors (Lipinski definition) is 2. The fourth-order valence-electron chi connectivity index (χ4n) is 3.05. The zero-order valence-corrected chi connectivity index (χ0v) is 14.7. The maximum absolute atomic E-state index is 4.99. The third kappa shape index (κ3) is 3.75. The van der Waals surface area contributed by atoms with E-state index in [0.29, 0.717) is 0 Å². The minimum Gasteiger partial charge on any atom is -0.248 e. The number of nitrogens with zero attached hydrogens (tertiary/aromatic N) is 1. The lowest BCUT2D eigenvalue weighted by molar-refractivity contribution is 0.952. The standard InChI is InChI=1S/C23H19NS/c1-3-10-20(11-4-1)24-23-19(17-25-21-12-5-2-6-13-21)16-15-18-9-7-8-14-22(18)23/h1-14,17H,15-16H2. The van der Waals surface area contributed by atoms with Crippen LogP contribution in [0.5, 0.6) is 0 Å². The van der Waals surface area contributed by atoms with Gasteiger partial charge in [0, 0.05) is 10.5 Å². The molecule has 4 rings (SSSR count). The number of fused-ring (bicyclic) bond motifs is 1. The largest absolute Gasteiger partial charge is 0.248 e. The van der Waals surface area contributed by atoms with Gasteiger partial charge in [-0.2, -0.15) is 0 Å². The number of benzene rings is 3. The maximum atomic E-state index is 4.99. The second-order valence-electron chi connectivity index (χ2n) is 6.03. The predicted molar refractivity (Wildman–Crippen MR) is 108 cm³/mol. The van der Waals surface area contributed by atoms with E-state index in [9.17, 15) is 0 Å². The first kappa shape index (κ1) is 15.9. The number of aryl methyl sites for hydroxylation is 1. The van der Waals surface area contributed by atoms with Gasteiger partial charge in [0.15, 0.2) is 0 Å². The highest BCUT2D eigenvalue weighted by Gasteiger charge is 2.19. The Balaban J connectivity index is 1.74. The Labute approximate surface area is 153 Å². The van der Waals surface area contributed by atoms with Crippen molar-refractivity contribution in [3.8, 4) is 0 Å². The number of rotatable bonds is 3. The lowest BCUT2D eigenvalue weighted by atomic mass is 9.87. The zero-order chi connectivity index (χ0) is 16.9. The van der Waals surface area contributed by atoms with Crippen molar-refractivity contribution < 1.29 is 0 Å². The van der Waals surface area contributed by atoms with Crippen molar-refractivity contribution in [3.05, 3.63) is 107 Å². The predicted octanol–water partition coefficient (Wildman–Crippen LogP) is 6.43. The van der Waals surface area contributed by atoms with Crippen LogP contribution in [0.1, 0.15) is 17.5 Å². The maximum Gasteiger partial charge on any atom is 0.0749 e. The molecule has 0 amide bonds. The average molecular weight is 341 g/mol. The topological polar surface area (TPSA) is 12.4 Å². The molecule has 3 aromatic rings. The van der Waals surface area contributed by atoms with E-state index in [-0.39, 0.29) is 0 Å². The van der Waals surface area contributed by atoms with E-state index in [0.717, 1.165) is 24.2 Å². The number of thioether (sulfide) groups is 1. The molecule has 0 radical (unpaired) electrons. The van der Waals surface area contributed by atoms with Gasteiger partial charge >= 0.3 is 0 Å². The van der Waals surface area contributed by atoms with Crippen molar-refractivity contribution >= 4 is 23.2 Å². The highest BCUT2D eigenvalue weighted by Crippen LogP contribution is 2.31. The van der Waals surface area contributed by atoms with Crippen LogP contribution in [0, 0.1) is 0 Å². The van der Waals surface area contributed by atoms with E-state index in [2.05, 4.69) is 72.1 Å². The molecular formula is C23H19NS. The van der Waals surface area contributed by atoms with E-state index >= 15 is 0 Å². The molecule has 0 aliphatic heterocycles. The quantitative estimate of drug-likeness (QED) is 0.500. The van der Waals surface area contributed by atoms with Crippen molar-refractivity contribution in [2.75, 3.05) is 0 Å². The summed E-state index contributed by atoms with van der Waals surface area (Å²) in [4.78, 5) is 6.25. The molecule has 1 aliphatic carbocycles. The molecule has 0 N–H and O–H groups in total. The van der Waals surface area contributed by atoms with Crippen molar-refractivity contribution in [1.82, 2.24) is 0 Å². The molecule has 122 valence electrons. The van der Waals surface area contributed by atoms with Crippen LogP contribution < -0.4 is 0 Å². The van der Waals surface area contributed by atoms with Crippen molar-refractivity contribution in [2.45, 2.75) is 17.7 Å². The summed E-state index contributed by atoms with van der Waals surface area (Å²) in [7, 11) is 0. The van der Waals surface area contributed by atoms with Crippen LogP contribution >= 0.6 is 11.8 Å². The zero-order valence-electron chi connectivity index (χ0n) is 13.9. The summed E-state index contributed by atoms with van der Waals surface area (Å²) in [5.41, 5.74) is 6.08. The van der Waals surface area contributed by atoms with Crippen LogP contribution in [-0.2, 0) is 6.42 Å². The molecule has 1 aliphatic rings. The lowest BCUT2D eigenvalue weighted by Gasteiger charge is -2.21. The van der Waals surface area contributed by atoms with Gasteiger partial charge in [-0.1, -0.05) is 72.4 Å². The van der Waals surface area contributed by atoms with Crippen LogP contribution in [0.2, 0.25) is 0 Å². The van der Waals surface area contributed by atoms with Crippen LogP contribution in [-0.4, -0.2) is 5.71 Å². The molecule has 1 nitrogen and oxygen atoms in total. The van der Waals surface area contributed by atoms with Crippen LogP contribution in [0.25, 0.3) is 0 Å². The van der Waals surface area contributed by atoms with Crippen molar-refractivity contribution in [2.24, 2.45) is 4.99 Å². The Morgan fingerprint density at radius 2 is 1.40 bits per heavy atom. The van der Waals surface area contributed by atoms with Gasteiger partial charge in [0.2, 0.25) is 0 Å². The summed E-state index contributed by atoms with van der Waals surface area (Å²) in [5.74, 6) is 0. The molecule has 0 aromatic heterocycles. The highest BCUT2D eigenvalue weighted by atomic mass is 32.2. The van der Waals surface area contributed by atoms with Crippen molar-refractivity contribution in [1.29, 1.82) is 0 Å². The average Bonchev–Trinajstić information content (AvgIpc) is 2.69. The summed E-state index contributed by atoms with van der Waals surface area (Å²) in [6.07, 6.45) is 2.10. The summed E-state index contributed by atoms with van der Waals surface area (Å²) >= 11 is 1.77. The molecule has 2 heteroatoms. The Kier molecular flexibility index (Phi) is 4.80. The monoisotopic (exact) mass is 341 g/mol. The molecule has 0 bridgehead atoms. The number of aliphatic imine (C=N–C) groups is 1. The van der Waals surface area contributed by atoms with E-state index in [1.165, 1.54) is 21.6 Å². The van der Waals surface area contributed by atoms with E-state index in [1.54, 1.807) is 11.8 Å². The number of para-hydroxylation sites is 1. The van der Waals surface area contributed by atoms with Gasteiger partial charge in [-0.05, 0) is 53.7 Å². The Hall–Kier alpha value is -2.58. The second-order valence-corrected chi connectivity index (χ2v) is 6.97. The third-order valence-corrected chi connectivity index (χ3v) is 5.26. The molecule has 0 atom stereocenters. The Bertz CT molecular complexity index is 911. The molecule has 0 saturated carbocycles. The first-order chi connectivity index (χ1) is 12.4. The molecule has 0 heterocycles. The second kappa shape index (κ2) is 7.54. The normalized spacial score (nSPS) is 16.8. The molecule has 0 spiro atoms. The van der Waals surface area contributed by atoms with Gasteiger partial charge in [-0.15, -0.1) is 0 Å². The summed E-state index contributed by atoms with van der Waals surface area (Å²) in [6, 6.07) is 29.4.